The quantitative estimate of drug-likeness (QED) is 0.422. The molecule has 1 heterocycles. The molecule has 2 nitrogen and oxygen atoms in total. The van der Waals surface area contributed by atoms with Crippen LogP contribution >= 0.6 is 0 Å². The number of nitrogens with zero attached hydrogens (tertiary/aromatic N) is 2. The van der Waals surface area contributed by atoms with Crippen molar-refractivity contribution in [2.75, 3.05) is 14.1 Å². The Kier molecular flexibility index (Phi) is 3.81. The number of fused-ring (bicyclic) bond motifs is 1. The van der Waals surface area contributed by atoms with Crippen molar-refractivity contribution >= 4 is 6.34 Å². The van der Waals surface area contributed by atoms with Gasteiger partial charge in [-0.05, 0) is 12.6 Å². The summed E-state index contributed by atoms with van der Waals surface area (Å²) in [6.45, 7) is 4.00. The summed E-state index contributed by atoms with van der Waals surface area (Å²) >= 11 is 0. The average molecular weight is 192 g/mol. The molecule has 2 rings (SSSR count). The van der Waals surface area contributed by atoms with Crippen molar-refractivity contribution in [3.63, 3.8) is 0 Å². The summed E-state index contributed by atoms with van der Waals surface area (Å²) in [5.41, 5.74) is 2.70. The van der Waals surface area contributed by atoms with E-state index in [9.17, 15) is 0 Å². The number of likely N-dealkylation sites (N-methyl/N-ethyl adjacent to an activating group) is 1. The lowest BCUT2D eigenvalue weighted by Gasteiger charge is -2.30. The molecule has 0 amide bonds. The van der Waals surface area contributed by atoms with Crippen LogP contribution in [0.4, 0.5) is 0 Å². The fourth-order valence-electron chi connectivity index (χ4n) is 1.74. The van der Waals surface area contributed by atoms with Gasteiger partial charge in [-0.25, -0.2) is 0 Å². The second kappa shape index (κ2) is 4.89. The van der Waals surface area contributed by atoms with Gasteiger partial charge in [-0.15, -0.1) is 5.57 Å². The molecule has 1 aliphatic heterocycles. The summed E-state index contributed by atoms with van der Waals surface area (Å²) in [5.74, 6) is 0. The van der Waals surface area contributed by atoms with Gasteiger partial charge in [0.25, 0.3) is 0 Å². The van der Waals surface area contributed by atoms with Gasteiger partial charge in [0.15, 0.2) is 0 Å². The second-order valence-corrected chi connectivity index (χ2v) is 3.35. The lowest BCUT2D eigenvalue weighted by Crippen LogP contribution is -2.27. The van der Waals surface area contributed by atoms with Crippen LogP contribution in [0.2, 0.25) is 0 Å². The second-order valence-electron chi connectivity index (χ2n) is 3.35. The molecule has 0 spiro atoms. The third-order valence-corrected chi connectivity index (χ3v) is 2.24. The molecule has 0 N–H and O–H groups in total. The van der Waals surface area contributed by atoms with E-state index >= 15 is 0 Å². The summed E-state index contributed by atoms with van der Waals surface area (Å²) in [4.78, 5) is 2.17. The summed E-state index contributed by atoms with van der Waals surface area (Å²) in [5, 5.41) is 0. The van der Waals surface area contributed by atoms with Gasteiger partial charge >= 0.3 is 0 Å². The third-order valence-electron chi connectivity index (χ3n) is 2.24. The summed E-state index contributed by atoms with van der Waals surface area (Å²) in [7, 11) is 4.15. The first-order valence-electron chi connectivity index (χ1n) is 5.33. The minimum Gasteiger partial charge on any atom is -0.298 e. The molecule has 0 aromatic rings. The van der Waals surface area contributed by atoms with Gasteiger partial charge in [-0.1, -0.05) is 26.3 Å². The first-order chi connectivity index (χ1) is 6.77. The zero-order valence-electron chi connectivity index (χ0n) is 9.62. The maximum Gasteiger partial charge on any atom is 0.220 e. The van der Waals surface area contributed by atoms with Crippen LogP contribution in [0, 0.1) is 6.42 Å². The summed E-state index contributed by atoms with van der Waals surface area (Å²) < 4.78 is 2.09. The van der Waals surface area contributed by atoms with Gasteiger partial charge < -0.3 is 0 Å². The van der Waals surface area contributed by atoms with E-state index in [0.29, 0.717) is 0 Å². The molecule has 0 fully saturated rings. The van der Waals surface area contributed by atoms with Gasteiger partial charge in [0.1, 0.15) is 0 Å². The lowest BCUT2D eigenvalue weighted by atomic mass is 9.98. The molecule has 0 aromatic carbocycles. The van der Waals surface area contributed by atoms with E-state index in [4.69, 9.17) is 0 Å². The Balaban J connectivity index is 0.000000461. The van der Waals surface area contributed by atoms with Crippen LogP contribution in [0.3, 0.4) is 0 Å². The highest BCUT2D eigenvalue weighted by molar-refractivity contribution is 5.59. The first kappa shape index (κ1) is 10.9. The van der Waals surface area contributed by atoms with E-state index in [2.05, 4.69) is 48.6 Å². The summed E-state index contributed by atoms with van der Waals surface area (Å²) in [6.07, 6.45) is 11.2. The molecule has 0 radical (unpaired) electrons. The fourth-order valence-corrected chi connectivity index (χ4v) is 1.74. The first-order valence-corrected chi connectivity index (χ1v) is 5.33. The zero-order valence-corrected chi connectivity index (χ0v) is 9.62. The van der Waals surface area contributed by atoms with Gasteiger partial charge in [-0.2, -0.15) is 6.42 Å². The monoisotopic (exact) mass is 192 g/mol. The molecule has 0 bridgehead atoms. The average Bonchev–Trinajstić information content (AvgIpc) is 2.20. The van der Waals surface area contributed by atoms with Gasteiger partial charge in [0, 0.05) is 5.70 Å². The van der Waals surface area contributed by atoms with E-state index < -0.39 is 0 Å². The molecule has 0 atom stereocenters. The Labute approximate surface area is 87.2 Å². The molecule has 1 aliphatic carbocycles. The van der Waals surface area contributed by atoms with Gasteiger partial charge in [0.05, 0.1) is 14.1 Å². The number of allylic oxidation sites excluding steroid dienone is 2. The van der Waals surface area contributed by atoms with Crippen molar-refractivity contribution < 1.29 is 4.58 Å². The molecule has 78 valence electrons. The van der Waals surface area contributed by atoms with Crippen molar-refractivity contribution in [1.29, 1.82) is 0 Å². The molecule has 2 aliphatic rings. The van der Waals surface area contributed by atoms with Crippen LogP contribution in [-0.4, -0.2) is 29.9 Å². The smallest absolute Gasteiger partial charge is 0.220 e. The normalized spacial score (nSPS) is 19.1. The maximum atomic E-state index is 2.30. The van der Waals surface area contributed by atoms with Crippen LogP contribution in [-0.2, 0) is 0 Å². The predicted octanol–water partition coefficient (Wildman–Crippen LogP) is 2.39. The Morgan fingerprint density at radius 1 is 1.43 bits per heavy atom. The predicted molar refractivity (Wildman–Crippen MR) is 61.1 cm³/mol. The van der Waals surface area contributed by atoms with Gasteiger partial charge in [0.2, 0.25) is 6.34 Å². The zero-order chi connectivity index (χ0) is 10.6. The SMILES string of the molecule is CC.CN1C=[N+](C)C=C2[CH-]CCC=C21. The molecule has 0 aromatic heterocycles. The van der Waals surface area contributed by atoms with Crippen LogP contribution in [0.5, 0.6) is 0 Å². The van der Waals surface area contributed by atoms with E-state index in [1.165, 1.54) is 24.1 Å². The van der Waals surface area contributed by atoms with Crippen LogP contribution in [0.15, 0.2) is 23.5 Å². The highest BCUT2D eigenvalue weighted by atomic mass is 15.2. The largest absolute Gasteiger partial charge is 0.298 e. The topological polar surface area (TPSA) is 6.25 Å². The van der Waals surface area contributed by atoms with Crippen LogP contribution < -0.4 is 0 Å². The molecule has 0 saturated carbocycles. The Morgan fingerprint density at radius 2 is 2.14 bits per heavy atom. The van der Waals surface area contributed by atoms with Crippen LogP contribution in [0.25, 0.3) is 0 Å². The lowest BCUT2D eigenvalue weighted by molar-refractivity contribution is -0.424. The summed E-state index contributed by atoms with van der Waals surface area (Å²) in [6, 6.07) is 0. The Hall–Kier alpha value is -1.18. The highest BCUT2D eigenvalue weighted by Gasteiger charge is 2.13. The van der Waals surface area contributed by atoms with Gasteiger partial charge in [-0.3, -0.25) is 9.48 Å². The molecule has 2 heteroatoms. The third kappa shape index (κ3) is 2.19. The Bertz CT molecular complexity index is 285. The van der Waals surface area contributed by atoms with Crippen molar-refractivity contribution in [3.05, 3.63) is 30.0 Å². The van der Waals surface area contributed by atoms with Crippen LogP contribution in [0.1, 0.15) is 26.7 Å². The number of rotatable bonds is 0. The van der Waals surface area contributed by atoms with Crippen molar-refractivity contribution in [1.82, 2.24) is 4.90 Å². The molecule has 14 heavy (non-hydrogen) atoms. The number of hydrogen-bond acceptors (Lipinski definition) is 1. The maximum absolute atomic E-state index is 2.30. The van der Waals surface area contributed by atoms with Crippen molar-refractivity contribution in [2.45, 2.75) is 26.7 Å². The van der Waals surface area contributed by atoms with E-state index in [0.717, 1.165) is 0 Å². The standard InChI is InChI=1S/C10H14N2.C2H6/c1-11-7-9-5-3-4-6-10(9)12(2)8-11;1-2/h5-8H,3-4H2,1-2H3;1-2H3. The number of hydrogen-bond donors (Lipinski definition) is 0. The molecular weight excluding hydrogens is 172 g/mol. The fraction of sp³-hybridized carbons (Fsp3) is 0.500. The molecular formula is C12H20N2. The minimum atomic E-state index is 1.18. The Morgan fingerprint density at radius 3 is 2.86 bits per heavy atom. The van der Waals surface area contributed by atoms with E-state index in [-0.39, 0.29) is 0 Å². The van der Waals surface area contributed by atoms with Crippen molar-refractivity contribution in [3.8, 4) is 0 Å². The minimum absolute atomic E-state index is 1.18. The highest BCUT2D eigenvalue weighted by Crippen LogP contribution is 2.25. The van der Waals surface area contributed by atoms with E-state index in [1.54, 1.807) is 0 Å². The van der Waals surface area contributed by atoms with Crippen molar-refractivity contribution in [2.24, 2.45) is 0 Å². The molecule has 0 saturated heterocycles. The molecule has 0 unspecified atom stereocenters. The van der Waals surface area contributed by atoms with E-state index in [1.807, 2.05) is 13.8 Å².